The fourth-order valence-corrected chi connectivity index (χ4v) is 3.28. The SMILES string of the molecule is CCCCCCC(CCCCCC)(CCCCCC)OC=O.N. The van der Waals surface area contributed by atoms with Gasteiger partial charge in [0.15, 0.2) is 0 Å². The molecule has 0 aliphatic rings. The highest BCUT2D eigenvalue weighted by molar-refractivity contribution is 5.38. The van der Waals surface area contributed by atoms with Gasteiger partial charge in [-0.1, -0.05) is 78.6 Å². The molecule has 0 aliphatic heterocycles. The van der Waals surface area contributed by atoms with Crippen molar-refractivity contribution < 1.29 is 9.53 Å². The Morgan fingerprint density at radius 1 is 0.652 bits per heavy atom. The largest absolute Gasteiger partial charge is 0.461 e. The Bertz CT molecular complexity index is 213. The number of carbonyl (C=O) groups is 1. The number of unbranched alkanes of at least 4 members (excludes halogenated alkanes) is 9. The van der Waals surface area contributed by atoms with E-state index in [1.54, 1.807) is 0 Å². The van der Waals surface area contributed by atoms with Crippen molar-refractivity contribution in [1.29, 1.82) is 0 Å². The van der Waals surface area contributed by atoms with Gasteiger partial charge in [0.1, 0.15) is 5.60 Å². The molecule has 3 N–H and O–H groups in total. The topological polar surface area (TPSA) is 61.3 Å². The second-order valence-corrected chi connectivity index (χ2v) is 6.83. The molecule has 23 heavy (non-hydrogen) atoms. The van der Waals surface area contributed by atoms with E-state index in [0.29, 0.717) is 6.47 Å². The van der Waals surface area contributed by atoms with Crippen LogP contribution in [0.25, 0.3) is 0 Å². The van der Waals surface area contributed by atoms with E-state index in [-0.39, 0.29) is 11.8 Å². The van der Waals surface area contributed by atoms with E-state index in [9.17, 15) is 4.79 Å². The molecule has 0 aromatic rings. The molecule has 0 unspecified atom stereocenters. The molecule has 140 valence electrons. The van der Waals surface area contributed by atoms with Crippen LogP contribution < -0.4 is 6.15 Å². The predicted octanol–water partition coefficient (Wildman–Crippen LogP) is 6.97. The molecule has 0 radical (unpaired) electrons. The van der Waals surface area contributed by atoms with Crippen molar-refractivity contribution in [2.24, 2.45) is 0 Å². The lowest BCUT2D eigenvalue weighted by Gasteiger charge is -2.32. The summed E-state index contributed by atoms with van der Waals surface area (Å²) in [4.78, 5) is 11.1. The van der Waals surface area contributed by atoms with E-state index >= 15 is 0 Å². The number of ether oxygens (including phenoxy) is 1. The van der Waals surface area contributed by atoms with Crippen LogP contribution in [0.3, 0.4) is 0 Å². The van der Waals surface area contributed by atoms with Gasteiger partial charge >= 0.3 is 0 Å². The molecular weight excluding hydrogens is 286 g/mol. The third kappa shape index (κ3) is 13.6. The smallest absolute Gasteiger partial charge is 0.293 e. The van der Waals surface area contributed by atoms with Crippen molar-refractivity contribution in [1.82, 2.24) is 6.15 Å². The predicted molar refractivity (Wildman–Crippen MR) is 101 cm³/mol. The standard InChI is InChI=1S/C20H40O2.H3N/c1-4-7-10-13-16-20(22-19-21,17-14-11-8-5-2)18-15-12-9-6-3;/h19H,4-18H2,1-3H3;1H3. The van der Waals surface area contributed by atoms with Gasteiger partial charge in [-0.05, 0) is 38.5 Å². The normalized spacial score (nSPS) is 11.1. The first-order valence-corrected chi connectivity index (χ1v) is 9.86. The van der Waals surface area contributed by atoms with Gasteiger partial charge in [-0.3, -0.25) is 4.79 Å². The summed E-state index contributed by atoms with van der Waals surface area (Å²) in [6.07, 6.45) is 18.2. The van der Waals surface area contributed by atoms with E-state index in [1.807, 2.05) is 0 Å². The summed E-state index contributed by atoms with van der Waals surface area (Å²) in [5.74, 6) is 0. The molecule has 0 spiro atoms. The summed E-state index contributed by atoms with van der Waals surface area (Å²) in [7, 11) is 0. The first-order valence-electron chi connectivity index (χ1n) is 9.86. The molecule has 0 saturated heterocycles. The van der Waals surface area contributed by atoms with E-state index in [2.05, 4.69) is 20.8 Å². The Labute approximate surface area is 145 Å². The quantitative estimate of drug-likeness (QED) is 0.231. The van der Waals surface area contributed by atoms with Crippen LogP contribution in [0, 0.1) is 0 Å². The Morgan fingerprint density at radius 2 is 1.00 bits per heavy atom. The fourth-order valence-electron chi connectivity index (χ4n) is 3.28. The second kappa shape index (κ2) is 17.8. The lowest BCUT2D eigenvalue weighted by atomic mass is 9.85. The van der Waals surface area contributed by atoms with Gasteiger partial charge in [0, 0.05) is 0 Å². The molecule has 0 amide bonds. The Kier molecular flexibility index (Phi) is 19.1. The zero-order chi connectivity index (χ0) is 16.5. The van der Waals surface area contributed by atoms with Crippen LogP contribution in [0.5, 0.6) is 0 Å². The Morgan fingerprint density at radius 3 is 1.26 bits per heavy atom. The first-order chi connectivity index (χ1) is 10.7. The van der Waals surface area contributed by atoms with E-state index in [4.69, 9.17) is 4.74 Å². The molecule has 0 rings (SSSR count). The van der Waals surface area contributed by atoms with Crippen molar-refractivity contribution in [3.05, 3.63) is 0 Å². The van der Waals surface area contributed by atoms with E-state index < -0.39 is 0 Å². The molecule has 3 heteroatoms. The van der Waals surface area contributed by atoms with Crippen molar-refractivity contribution in [3.8, 4) is 0 Å². The minimum atomic E-state index is -0.170. The minimum Gasteiger partial charge on any atom is -0.461 e. The van der Waals surface area contributed by atoms with E-state index in [1.165, 1.54) is 77.0 Å². The summed E-state index contributed by atoms with van der Waals surface area (Å²) in [6.45, 7) is 7.43. The summed E-state index contributed by atoms with van der Waals surface area (Å²) < 4.78 is 5.69. The van der Waals surface area contributed by atoms with Gasteiger partial charge in [-0.15, -0.1) is 0 Å². The van der Waals surface area contributed by atoms with Gasteiger partial charge in [-0.2, -0.15) is 0 Å². The molecule has 3 nitrogen and oxygen atoms in total. The average molecular weight is 330 g/mol. The van der Waals surface area contributed by atoms with Crippen molar-refractivity contribution in [3.63, 3.8) is 0 Å². The van der Waals surface area contributed by atoms with Gasteiger partial charge in [-0.25, -0.2) is 0 Å². The zero-order valence-corrected chi connectivity index (χ0v) is 16.2. The van der Waals surface area contributed by atoms with Gasteiger partial charge in [0.2, 0.25) is 0 Å². The molecule has 0 saturated carbocycles. The van der Waals surface area contributed by atoms with Crippen LogP contribution in [0.4, 0.5) is 0 Å². The third-order valence-electron chi connectivity index (χ3n) is 4.76. The number of carbonyl (C=O) groups excluding carboxylic acids is 1. The summed E-state index contributed by atoms with van der Waals surface area (Å²) in [6, 6.07) is 0. The number of rotatable bonds is 17. The molecule has 0 fully saturated rings. The van der Waals surface area contributed by atoms with E-state index in [0.717, 1.165) is 19.3 Å². The third-order valence-corrected chi connectivity index (χ3v) is 4.76. The molecule has 0 aliphatic carbocycles. The highest BCUT2D eigenvalue weighted by Gasteiger charge is 2.30. The van der Waals surface area contributed by atoms with Crippen molar-refractivity contribution in [2.75, 3.05) is 0 Å². The number of hydrogen-bond donors (Lipinski definition) is 1. The number of hydrogen-bond acceptors (Lipinski definition) is 3. The second-order valence-electron chi connectivity index (χ2n) is 6.83. The monoisotopic (exact) mass is 329 g/mol. The molecule has 0 bridgehead atoms. The van der Waals surface area contributed by atoms with Crippen molar-refractivity contribution >= 4 is 6.47 Å². The lowest BCUT2D eigenvalue weighted by Crippen LogP contribution is -2.32. The highest BCUT2D eigenvalue weighted by Crippen LogP contribution is 2.32. The Hall–Kier alpha value is -0.570. The first kappa shape index (κ1) is 24.7. The molecular formula is C20H43NO2. The Balaban J connectivity index is 0. The van der Waals surface area contributed by atoms with Crippen LogP contribution in [0.15, 0.2) is 0 Å². The van der Waals surface area contributed by atoms with Gasteiger partial charge in [0.25, 0.3) is 6.47 Å². The van der Waals surface area contributed by atoms with Crippen LogP contribution in [0.1, 0.15) is 117 Å². The maximum atomic E-state index is 11.1. The highest BCUT2D eigenvalue weighted by atomic mass is 16.5. The molecule has 0 atom stereocenters. The molecule has 0 aromatic carbocycles. The minimum absolute atomic E-state index is 0. The van der Waals surface area contributed by atoms with Crippen LogP contribution in [-0.2, 0) is 9.53 Å². The van der Waals surface area contributed by atoms with Crippen LogP contribution in [0.2, 0.25) is 0 Å². The fraction of sp³-hybridized carbons (Fsp3) is 0.950. The lowest BCUT2D eigenvalue weighted by molar-refractivity contribution is -0.146. The van der Waals surface area contributed by atoms with Crippen molar-refractivity contribution in [2.45, 2.75) is 123 Å². The van der Waals surface area contributed by atoms with Gasteiger partial charge < -0.3 is 10.9 Å². The maximum absolute atomic E-state index is 11.1. The summed E-state index contributed by atoms with van der Waals surface area (Å²) >= 11 is 0. The summed E-state index contributed by atoms with van der Waals surface area (Å²) in [5, 5.41) is 0. The maximum Gasteiger partial charge on any atom is 0.293 e. The molecule has 0 heterocycles. The zero-order valence-electron chi connectivity index (χ0n) is 16.2. The van der Waals surface area contributed by atoms with Crippen LogP contribution >= 0.6 is 0 Å². The summed E-state index contributed by atoms with van der Waals surface area (Å²) in [5.41, 5.74) is -0.170. The average Bonchev–Trinajstić information content (AvgIpc) is 2.53. The van der Waals surface area contributed by atoms with Crippen LogP contribution in [-0.4, -0.2) is 12.1 Å². The van der Waals surface area contributed by atoms with Gasteiger partial charge in [0.05, 0.1) is 0 Å². The molecule has 0 aromatic heterocycles.